The van der Waals surface area contributed by atoms with E-state index in [2.05, 4.69) is 36.4 Å². The number of benzene rings is 2. The Balaban J connectivity index is 1.34. The quantitative estimate of drug-likeness (QED) is 0.446. The molecule has 6 nitrogen and oxygen atoms in total. The molecule has 2 heterocycles. The van der Waals surface area contributed by atoms with E-state index in [9.17, 15) is 4.79 Å². The molecule has 164 valence electrons. The van der Waals surface area contributed by atoms with E-state index in [0.29, 0.717) is 13.1 Å². The van der Waals surface area contributed by atoms with Crippen LogP contribution in [-0.2, 0) is 11.2 Å². The zero-order chi connectivity index (χ0) is 22.5. The van der Waals surface area contributed by atoms with Crippen LogP contribution in [0.15, 0.2) is 42.5 Å². The molecule has 2 aliphatic rings. The Morgan fingerprint density at radius 3 is 2.47 bits per heavy atom. The summed E-state index contributed by atoms with van der Waals surface area (Å²) in [6, 6.07) is 12.4. The first-order valence-corrected chi connectivity index (χ1v) is 11.0. The summed E-state index contributed by atoms with van der Waals surface area (Å²) in [4.78, 5) is 23.6. The third-order valence-electron chi connectivity index (χ3n) is 5.90. The summed E-state index contributed by atoms with van der Waals surface area (Å²) in [6.07, 6.45) is 3.52. The van der Waals surface area contributed by atoms with E-state index >= 15 is 0 Å². The van der Waals surface area contributed by atoms with E-state index < -0.39 is 5.60 Å². The second kappa shape index (κ2) is 7.62. The minimum absolute atomic E-state index is 0.256. The van der Waals surface area contributed by atoms with Gasteiger partial charge < -0.3 is 14.4 Å². The van der Waals surface area contributed by atoms with Crippen molar-refractivity contribution < 1.29 is 14.3 Å². The van der Waals surface area contributed by atoms with Crippen LogP contribution in [-0.4, -0.2) is 46.8 Å². The van der Waals surface area contributed by atoms with Crippen LogP contribution in [0.2, 0.25) is 0 Å². The molecular formula is C26H27N3O3. The molecule has 1 aliphatic carbocycles. The number of methoxy groups -OCH3 is 1. The van der Waals surface area contributed by atoms with Crippen molar-refractivity contribution in [2.24, 2.45) is 0 Å². The second-order valence-corrected chi connectivity index (χ2v) is 9.33. The number of hydrogen-bond acceptors (Lipinski definition) is 5. The predicted octanol–water partition coefficient (Wildman–Crippen LogP) is 5.23. The molecule has 0 atom stereocenters. The lowest BCUT2D eigenvalue weighted by Gasteiger charge is -2.29. The zero-order valence-electron chi connectivity index (χ0n) is 18.9. The van der Waals surface area contributed by atoms with E-state index in [0.717, 1.165) is 52.1 Å². The zero-order valence-corrected chi connectivity index (χ0v) is 18.9. The third-order valence-corrected chi connectivity index (χ3v) is 5.90. The Bertz CT molecular complexity index is 1240. The van der Waals surface area contributed by atoms with Gasteiger partial charge in [-0.1, -0.05) is 30.3 Å². The lowest BCUT2D eigenvalue weighted by Crippen LogP contribution is -2.39. The Kier molecular flexibility index (Phi) is 4.88. The van der Waals surface area contributed by atoms with E-state index in [1.54, 1.807) is 12.0 Å². The van der Waals surface area contributed by atoms with E-state index in [4.69, 9.17) is 19.4 Å². The van der Waals surface area contributed by atoms with E-state index in [1.807, 2.05) is 26.8 Å². The van der Waals surface area contributed by atoms with Crippen LogP contribution in [0.4, 0.5) is 4.79 Å². The Labute approximate surface area is 187 Å². The SMILES string of the molecule is COc1cc2c3c(nc(-c4ccc(C5=CCN(C(=O)OC(C)(C)C)CC5)cc4)nc3c1)C2. The highest BCUT2D eigenvalue weighted by Gasteiger charge is 2.24. The second-order valence-electron chi connectivity index (χ2n) is 9.33. The van der Waals surface area contributed by atoms with Gasteiger partial charge in [0.25, 0.3) is 0 Å². The number of carbonyl (C=O) groups is 1. The van der Waals surface area contributed by atoms with Crippen LogP contribution in [0.5, 0.6) is 5.75 Å². The highest BCUT2D eigenvalue weighted by Crippen LogP contribution is 2.37. The molecule has 6 heteroatoms. The van der Waals surface area contributed by atoms with Crippen molar-refractivity contribution in [2.75, 3.05) is 20.2 Å². The molecule has 2 aromatic carbocycles. The highest BCUT2D eigenvalue weighted by atomic mass is 16.6. The monoisotopic (exact) mass is 429 g/mol. The normalized spacial score (nSPS) is 15.2. The molecule has 0 fully saturated rings. The molecule has 5 rings (SSSR count). The van der Waals surface area contributed by atoms with Crippen molar-refractivity contribution in [3.63, 3.8) is 0 Å². The Morgan fingerprint density at radius 1 is 1.06 bits per heavy atom. The molecule has 3 aromatic rings. The molecule has 0 spiro atoms. The van der Waals surface area contributed by atoms with Gasteiger partial charge in [-0.05, 0) is 50.0 Å². The van der Waals surface area contributed by atoms with Crippen LogP contribution < -0.4 is 4.74 Å². The fraction of sp³-hybridized carbons (Fsp3) is 0.346. The maximum atomic E-state index is 12.3. The maximum absolute atomic E-state index is 12.3. The number of rotatable bonds is 3. The molecular weight excluding hydrogens is 402 g/mol. The summed E-state index contributed by atoms with van der Waals surface area (Å²) in [7, 11) is 1.68. The number of ether oxygens (including phenoxy) is 2. The van der Waals surface area contributed by atoms with Gasteiger partial charge in [0.15, 0.2) is 5.82 Å². The lowest BCUT2D eigenvalue weighted by atomic mass is 9.91. The van der Waals surface area contributed by atoms with Crippen molar-refractivity contribution in [2.45, 2.75) is 39.2 Å². The molecule has 0 unspecified atom stereocenters. The van der Waals surface area contributed by atoms with Gasteiger partial charge in [-0.15, -0.1) is 0 Å². The van der Waals surface area contributed by atoms with Crippen LogP contribution in [0.25, 0.3) is 27.9 Å². The summed E-state index contributed by atoms with van der Waals surface area (Å²) < 4.78 is 10.9. The van der Waals surface area contributed by atoms with Gasteiger partial charge in [0.05, 0.1) is 18.3 Å². The average molecular weight is 430 g/mol. The molecule has 1 aliphatic heterocycles. The van der Waals surface area contributed by atoms with Gasteiger partial charge in [-0.2, -0.15) is 0 Å². The van der Waals surface area contributed by atoms with E-state index in [1.165, 1.54) is 11.1 Å². The van der Waals surface area contributed by atoms with E-state index in [-0.39, 0.29) is 6.09 Å². The third kappa shape index (κ3) is 3.81. The van der Waals surface area contributed by atoms with Crippen LogP contribution in [0, 0.1) is 0 Å². The first-order valence-electron chi connectivity index (χ1n) is 11.0. The molecule has 0 saturated heterocycles. The fourth-order valence-corrected chi connectivity index (χ4v) is 4.25. The van der Waals surface area contributed by atoms with Crippen molar-refractivity contribution in [3.05, 3.63) is 59.3 Å². The largest absolute Gasteiger partial charge is 0.497 e. The van der Waals surface area contributed by atoms with Crippen LogP contribution >= 0.6 is 0 Å². The molecule has 0 saturated carbocycles. The summed E-state index contributed by atoms with van der Waals surface area (Å²) in [5.74, 6) is 1.58. The van der Waals surface area contributed by atoms with Crippen molar-refractivity contribution in [3.8, 4) is 17.1 Å². The topological polar surface area (TPSA) is 64.5 Å². The minimum atomic E-state index is -0.477. The van der Waals surface area contributed by atoms with Crippen molar-refractivity contribution in [1.82, 2.24) is 14.9 Å². The van der Waals surface area contributed by atoms with Crippen molar-refractivity contribution >= 4 is 22.6 Å². The molecule has 32 heavy (non-hydrogen) atoms. The van der Waals surface area contributed by atoms with Gasteiger partial charge in [0, 0.05) is 36.5 Å². The molecule has 0 N–H and O–H groups in total. The van der Waals surface area contributed by atoms with Gasteiger partial charge in [-0.3, -0.25) is 0 Å². The number of aromatic nitrogens is 2. The average Bonchev–Trinajstić information content (AvgIpc) is 2.76. The number of carbonyl (C=O) groups excluding carboxylic acids is 1. The Morgan fingerprint density at radius 2 is 1.81 bits per heavy atom. The number of hydrogen-bond donors (Lipinski definition) is 0. The molecule has 1 aromatic heterocycles. The minimum Gasteiger partial charge on any atom is -0.497 e. The van der Waals surface area contributed by atoms with Gasteiger partial charge in [-0.25, -0.2) is 14.8 Å². The predicted molar refractivity (Wildman–Crippen MR) is 125 cm³/mol. The lowest BCUT2D eigenvalue weighted by molar-refractivity contribution is 0.0270. The van der Waals surface area contributed by atoms with Crippen LogP contribution in [0.3, 0.4) is 0 Å². The van der Waals surface area contributed by atoms with Gasteiger partial charge >= 0.3 is 6.09 Å². The first kappa shape index (κ1) is 20.5. The van der Waals surface area contributed by atoms with Crippen LogP contribution in [0.1, 0.15) is 44.0 Å². The molecule has 0 bridgehead atoms. The molecule has 0 radical (unpaired) electrons. The highest BCUT2D eigenvalue weighted by molar-refractivity contribution is 5.92. The summed E-state index contributed by atoms with van der Waals surface area (Å²) >= 11 is 0. The summed E-state index contributed by atoms with van der Waals surface area (Å²) in [5, 5.41) is 1.16. The van der Waals surface area contributed by atoms with Gasteiger partial charge in [0.2, 0.25) is 0 Å². The fourth-order valence-electron chi connectivity index (χ4n) is 4.25. The summed E-state index contributed by atoms with van der Waals surface area (Å²) in [5.41, 5.74) is 6.21. The molecule has 1 amide bonds. The smallest absolute Gasteiger partial charge is 0.410 e. The number of nitrogens with zero attached hydrogens (tertiary/aromatic N) is 3. The maximum Gasteiger partial charge on any atom is 0.410 e. The number of amides is 1. The first-order chi connectivity index (χ1) is 15.3. The van der Waals surface area contributed by atoms with Crippen molar-refractivity contribution in [1.29, 1.82) is 0 Å². The van der Waals surface area contributed by atoms with Gasteiger partial charge in [0.1, 0.15) is 11.4 Å². The standard InChI is InChI=1S/C26H27N3O3/c1-26(2,3)32-25(30)29-11-9-17(10-12-29)16-5-7-18(8-6-16)24-27-21-14-19-13-20(31-4)15-22(28-24)23(19)21/h5-9,13,15H,10-12,14H2,1-4H3. The Hall–Kier alpha value is -3.41. The summed E-state index contributed by atoms with van der Waals surface area (Å²) in [6.45, 7) is 6.88.